The Morgan fingerprint density at radius 1 is 1.26 bits per heavy atom. The summed E-state index contributed by atoms with van der Waals surface area (Å²) in [4.78, 5) is 20.6. The van der Waals surface area contributed by atoms with E-state index in [2.05, 4.69) is 31.2 Å². The standard InChI is InChI=1S/C17H14BrN3OS/c18-14-5-1-4-13(7-14)17-21-15(11-23-17)8-16(22)20-10-12-3-2-6-19-9-12/h1-7,9,11H,8,10H2,(H,20,22). The van der Waals surface area contributed by atoms with Crippen LogP contribution in [-0.2, 0) is 17.8 Å². The van der Waals surface area contributed by atoms with Crippen molar-refractivity contribution in [1.29, 1.82) is 0 Å². The SMILES string of the molecule is O=C(Cc1csc(-c2cccc(Br)c2)n1)NCc1cccnc1. The number of pyridine rings is 1. The molecule has 0 aliphatic heterocycles. The topological polar surface area (TPSA) is 54.9 Å². The second-order valence-electron chi connectivity index (χ2n) is 4.97. The van der Waals surface area contributed by atoms with Gasteiger partial charge in [-0.25, -0.2) is 4.98 Å². The number of benzene rings is 1. The first kappa shape index (κ1) is 15.8. The van der Waals surface area contributed by atoms with Gasteiger partial charge in [-0.1, -0.05) is 34.1 Å². The Morgan fingerprint density at radius 2 is 2.17 bits per heavy atom. The molecule has 3 aromatic rings. The van der Waals surface area contributed by atoms with Crippen molar-refractivity contribution in [3.63, 3.8) is 0 Å². The molecule has 23 heavy (non-hydrogen) atoms. The van der Waals surface area contributed by atoms with Crippen LogP contribution in [0.2, 0.25) is 0 Å². The molecule has 0 bridgehead atoms. The highest BCUT2D eigenvalue weighted by atomic mass is 79.9. The fraction of sp³-hybridized carbons (Fsp3) is 0.118. The summed E-state index contributed by atoms with van der Waals surface area (Å²) in [7, 11) is 0. The molecule has 2 heterocycles. The van der Waals surface area contributed by atoms with Gasteiger partial charge in [-0.15, -0.1) is 11.3 Å². The Bertz CT molecular complexity index is 804. The van der Waals surface area contributed by atoms with Crippen LogP contribution >= 0.6 is 27.3 Å². The van der Waals surface area contributed by atoms with Crippen LogP contribution in [0.4, 0.5) is 0 Å². The summed E-state index contributed by atoms with van der Waals surface area (Å²) in [6.45, 7) is 0.481. The van der Waals surface area contributed by atoms with Crippen LogP contribution in [0.1, 0.15) is 11.3 Å². The minimum Gasteiger partial charge on any atom is -0.352 e. The van der Waals surface area contributed by atoms with Crippen LogP contribution < -0.4 is 5.32 Å². The minimum absolute atomic E-state index is 0.0417. The van der Waals surface area contributed by atoms with Gasteiger partial charge in [0.05, 0.1) is 12.1 Å². The van der Waals surface area contributed by atoms with Crippen LogP contribution in [0.25, 0.3) is 10.6 Å². The molecule has 1 amide bonds. The molecule has 6 heteroatoms. The molecular weight excluding hydrogens is 374 g/mol. The van der Waals surface area contributed by atoms with Crippen LogP contribution in [-0.4, -0.2) is 15.9 Å². The summed E-state index contributed by atoms with van der Waals surface area (Å²) in [5.41, 5.74) is 2.81. The first-order valence-corrected chi connectivity index (χ1v) is 8.74. The van der Waals surface area contributed by atoms with Gasteiger partial charge in [-0.2, -0.15) is 0 Å². The molecule has 0 saturated heterocycles. The number of amides is 1. The Kier molecular flexibility index (Phi) is 5.15. The summed E-state index contributed by atoms with van der Waals surface area (Å²) >= 11 is 5.00. The smallest absolute Gasteiger partial charge is 0.226 e. The third-order valence-corrected chi connectivity index (χ3v) is 4.61. The van der Waals surface area contributed by atoms with E-state index in [0.717, 1.165) is 26.3 Å². The van der Waals surface area contributed by atoms with Crippen molar-refractivity contribution in [2.75, 3.05) is 0 Å². The fourth-order valence-electron chi connectivity index (χ4n) is 2.07. The van der Waals surface area contributed by atoms with E-state index >= 15 is 0 Å². The molecule has 0 saturated carbocycles. The van der Waals surface area contributed by atoms with E-state index in [9.17, 15) is 4.79 Å². The van der Waals surface area contributed by atoms with Crippen molar-refractivity contribution in [2.45, 2.75) is 13.0 Å². The van der Waals surface area contributed by atoms with Crippen LogP contribution in [0, 0.1) is 0 Å². The van der Waals surface area contributed by atoms with Gasteiger partial charge in [0, 0.05) is 34.4 Å². The summed E-state index contributed by atoms with van der Waals surface area (Å²) in [6, 6.07) is 11.8. The average molecular weight is 388 g/mol. The maximum atomic E-state index is 12.0. The molecule has 2 aromatic heterocycles. The number of carbonyl (C=O) groups excluding carboxylic acids is 1. The van der Waals surface area contributed by atoms with E-state index < -0.39 is 0 Å². The van der Waals surface area contributed by atoms with Crippen molar-refractivity contribution in [2.24, 2.45) is 0 Å². The van der Waals surface area contributed by atoms with Gasteiger partial charge in [0.15, 0.2) is 0 Å². The van der Waals surface area contributed by atoms with Crippen molar-refractivity contribution in [1.82, 2.24) is 15.3 Å². The molecule has 0 atom stereocenters. The Morgan fingerprint density at radius 3 is 2.96 bits per heavy atom. The lowest BCUT2D eigenvalue weighted by atomic mass is 10.2. The zero-order valence-corrected chi connectivity index (χ0v) is 14.6. The highest BCUT2D eigenvalue weighted by Gasteiger charge is 2.09. The van der Waals surface area contributed by atoms with Gasteiger partial charge in [0.25, 0.3) is 0 Å². The molecular formula is C17H14BrN3OS. The second kappa shape index (κ2) is 7.48. The molecule has 0 unspecified atom stereocenters. The predicted molar refractivity (Wildman–Crippen MR) is 95.0 cm³/mol. The molecule has 0 aliphatic carbocycles. The maximum absolute atomic E-state index is 12.0. The first-order valence-electron chi connectivity index (χ1n) is 7.06. The van der Waals surface area contributed by atoms with Gasteiger partial charge >= 0.3 is 0 Å². The number of carbonyl (C=O) groups is 1. The van der Waals surface area contributed by atoms with Crippen molar-refractivity contribution in [3.8, 4) is 10.6 Å². The van der Waals surface area contributed by atoms with Crippen molar-refractivity contribution < 1.29 is 4.79 Å². The predicted octanol–water partition coefficient (Wildman–Crippen LogP) is 3.83. The zero-order valence-electron chi connectivity index (χ0n) is 12.2. The van der Waals surface area contributed by atoms with Crippen LogP contribution in [0.5, 0.6) is 0 Å². The summed E-state index contributed by atoms with van der Waals surface area (Å²) in [5, 5.41) is 5.73. The normalized spacial score (nSPS) is 10.5. The average Bonchev–Trinajstić information content (AvgIpc) is 3.02. The van der Waals surface area contributed by atoms with Crippen molar-refractivity contribution >= 4 is 33.2 Å². The number of hydrogen-bond donors (Lipinski definition) is 1. The Labute approximate surface area is 146 Å². The third kappa shape index (κ3) is 4.46. The van der Waals surface area contributed by atoms with Gasteiger partial charge in [-0.3, -0.25) is 9.78 Å². The van der Waals surface area contributed by atoms with Gasteiger partial charge in [-0.05, 0) is 23.8 Å². The third-order valence-electron chi connectivity index (χ3n) is 3.18. The van der Waals surface area contributed by atoms with E-state index in [1.54, 1.807) is 23.7 Å². The fourth-order valence-corrected chi connectivity index (χ4v) is 3.29. The molecule has 0 radical (unpaired) electrons. The lowest BCUT2D eigenvalue weighted by Crippen LogP contribution is -2.24. The van der Waals surface area contributed by atoms with E-state index in [1.165, 1.54) is 0 Å². The summed E-state index contributed by atoms with van der Waals surface area (Å²) in [5.74, 6) is -0.0417. The van der Waals surface area contributed by atoms with Gasteiger partial charge in [0.2, 0.25) is 5.91 Å². The highest BCUT2D eigenvalue weighted by molar-refractivity contribution is 9.10. The van der Waals surface area contributed by atoms with Crippen LogP contribution in [0.3, 0.4) is 0 Å². The molecule has 3 rings (SSSR count). The van der Waals surface area contributed by atoms with Crippen LogP contribution in [0.15, 0.2) is 58.6 Å². The summed E-state index contributed by atoms with van der Waals surface area (Å²) in [6.07, 6.45) is 3.74. The van der Waals surface area contributed by atoms with E-state index in [1.807, 2.05) is 41.8 Å². The van der Waals surface area contributed by atoms with Gasteiger partial charge in [0.1, 0.15) is 5.01 Å². The molecule has 0 aliphatic rings. The lowest BCUT2D eigenvalue weighted by Gasteiger charge is -2.03. The summed E-state index contributed by atoms with van der Waals surface area (Å²) < 4.78 is 1.01. The molecule has 0 fully saturated rings. The number of aromatic nitrogens is 2. The van der Waals surface area contributed by atoms with E-state index in [0.29, 0.717) is 6.54 Å². The quantitative estimate of drug-likeness (QED) is 0.723. The van der Waals surface area contributed by atoms with E-state index in [4.69, 9.17) is 0 Å². The number of rotatable bonds is 5. The number of nitrogens with one attached hydrogen (secondary N) is 1. The minimum atomic E-state index is -0.0417. The first-order chi connectivity index (χ1) is 11.2. The monoisotopic (exact) mass is 387 g/mol. The van der Waals surface area contributed by atoms with E-state index in [-0.39, 0.29) is 12.3 Å². The van der Waals surface area contributed by atoms with Crippen molar-refractivity contribution in [3.05, 3.63) is 69.9 Å². The zero-order chi connectivity index (χ0) is 16.1. The molecule has 1 N–H and O–H groups in total. The lowest BCUT2D eigenvalue weighted by molar-refractivity contribution is -0.120. The number of nitrogens with zero attached hydrogens (tertiary/aromatic N) is 2. The Hall–Kier alpha value is -2.05. The maximum Gasteiger partial charge on any atom is 0.226 e. The highest BCUT2D eigenvalue weighted by Crippen LogP contribution is 2.26. The Balaban J connectivity index is 1.59. The molecule has 0 spiro atoms. The molecule has 116 valence electrons. The second-order valence-corrected chi connectivity index (χ2v) is 6.74. The molecule has 1 aromatic carbocycles. The number of hydrogen-bond acceptors (Lipinski definition) is 4. The van der Waals surface area contributed by atoms with Gasteiger partial charge < -0.3 is 5.32 Å². The number of halogens is 1. The molecule has 4 nitrogen and oxygen atoms in total. The largest absolute Gasteiger partial charge is 0.352 e. The number of thiazole rings is 1.